The number of thioether (sulfide) groups is 1. The maximum absolute atomic E-state index is 11.9. The Bertz CT molecular complexity index is 1040. The Morgan fingerprint density at radius 2 is 2.00 bits per heavy atom. The molecular formula is C20H20N2O4S2. The van der Waals surface area contributed by atoms with Crippen LogP contribution in [0.1, 0.15) is 37.0 Å². The van der Waals surface area contributed by atoms with E-state index in [0.717, 1.165) is 31.8 Å². The molecule has 1 N–H and O–H groups in total. The van der Waals surface area contributed by atoms with Gasteiger partial charge in [-0.05, 0) is 51.4 Å². The molecule has 0 saturated heterocycles. The third-order valence-electron chi connectivity index (χ3n) is 4.20. The van der Waals surface area contributed by atoms with Crippen molar-refractivity contribution in [1.82, 2.24) is 9.36 Å². The van der Waals surface area contributed by atoms with E-state index in [9.17, 15) is 14.7 Å². The van der Waals surface area contributed by atoms with Crippen molar-refractivity contribution in [3.8, 4) is 11.1 Å². The molecule has 28 heavy (non-hydrogen) atoms. The number of nitrogens with zero attached hydrogens (tertiary/aromatic N) is 2. The van der Waals surface area contributed by atoms with Crippen molar-refractivity contribution < 1.29 is 19.4 Å². The molecule has 2 aromatic heterocycles. The lowest BCUT2D eigenvalue weighted by molar-refractivity contribution is -0.138. The van der Waals surface area contributed by atoms with Crippen molar-refractivity contribution in [2.75, 3.05) is 6.61 Å². The summed E-state index contributed by atoms with van der Waals surface area (Å²) < 4.78 is 9.40. The highest BCUT2D eigenvalue weighted by molar-refractivity contribution is 8.01. The van der Waals surface area contributed by atoms with Crippen LogP contribution in [0, 0.1) is 6.92 Å². The van der Waals surface area contributed by atoms with Crippen molar-refractivity contribution in [2.45, 2.75) is 37.3 Å². The fraction of sp³-hybridized carbons (Fsp3) is 0.300. The minimum Gasteiger partial charge on any atom is -0.480 e. The van der Waals surface area contributed by atoms with E-state index in [1.54, 1.807) is 39.1 Å². The minimum atomic E-state index is -1.000. The highest BCUT2D eigenvalue weighted by atomic mass is 32.2. The number of fused-ring (bicyclic) bond motifs is 1. The first-order valence-electron chi connectivity index (χ1n) is 8.69. The van der Waals surface area contributed by atoms with E-state index in [0.29, 0.717) is 0 Å². The minimum absolute atomic E-state index is 0.235. The molecule has 0 bridgehead atoms. The van der Waals surface area contributed by atoms with Gasteiger partial charge in [0.1, 0.15) is 10.4 Å². The van der Waals surface area contributed by atoms with E-state index in [1.165, 1.54) is 23.3 Å². The number of esters is 1. The number of ether oxygens (including phenoxy) is 1. The molecule has 0 fully saturated rings. The molecule has 0 aliphatic rings. The van der Waals surface area contributed by atoms with Gasteiger partial charge >= 0.3 is 11.9 Å². The van der Waals surface area contributed by atoms with Gasteiger partial charge in [0.25, 0.3) is 0 Å². The van der Waals surface area contributed by atoms with Crippen molar-refractivity contribution in [3.63, 3.8) is 0 Å². The zero-order valence-electron chi connectivity index (χ0n) is 16.0. The maximum atomic E-state index is 11.9. The number of pyridine rings is 1. The number of carbonyl (C=O) groups excluding carboxylic acids is 1. The summed E-state index contributed by atoms with van der Waals surface area (Å²) in [6, 6.07) is 7.32. The molecule has 8 heteroatoms. The quantitative estimate of drug-likeness (QED) is 0.456. The highest BCUT2D eigenvalue weighted by Crippen LogP contribution is 2.44. The lowest BCUT2D eigenvalue weighted by Crippen LogP contribution is -2.27. The van der Waals surface area contributed by atoms with Gasteiger partial charge in [-0.1, -0.05) is 12.1 Å². The number of aliphatic carboxylic acids is 1. The summed E-state index contributed by atoms with van der Waals surface area (Å²) in [7, 11) is 0. The Kier molecular flexibility index (Phi) is 5.71. The fourth-order valence-electron chi connectivity index (χ4n) is 2.65. The zero-order chi connectivity index (χ0) is 20.5. The first-order valence-corrected chi connectivity index (χ1v) is 10.3. The van der Waals surface area contributed by atoms with Gasteiger partial charge in [0.05, 0.1) is 17.0 Å². The second kappa shape index (κ2) is 7.89. The SMILES string of the molecule is CCOC(=O)c1ccc(-c2c(SC(C)(C)C(=O)O)ccc3c(C)nsc23)cn1. The summed E-state index contributed by atoms with van der Waals surface area (Å²) >= 11 is 2.65. The lowest BCUT2D eigenvalue weighted by atomic mass is 10.0. The number of carboxylic acid groups (broad SMARTS) is 1. The number of aryl methyl sites for hydroxylation is 1. The Labute approximate surface area is 171 Å². The highest BCUT2D eigenvalue weighted by Gasteiger charge is 2.30. The van der Waals surface area contributed by atoms with Gasteiger partial charge < -0.3 is 9.84 Å². The second-order valence-electron chi connectivity index (χ2n) is 6.65. The van der Waals surface area contributed by atoms with Gasteiger partial charge in [-0.25, -0.2) is 9.78 Å². The fourth-order valence-corrected chi connectivity index (χ4v) is 4.77. The predicted octanol–water partition coefficient (Wildman–Crippen LogP) is 4.80. The van der Waals surface area contributed by atoms with Crippen LogP contribution in [-0.2, 0) is 9.53 Å². The number of hydrogen-bond donors (Lipinski definition) is 1. The molecular weight excluding hydrogens is 396 g/mol. The summed E-state index contributed by atoms with van der Waals surface area (Å²) in [5, 5.41) is 10.6. The first-order chi connectivity index (χ1) is 13.2. The van der Waals surface area contributed by atoms with Crippen molar-refractivity contribution in [3.05, 3.63) is 41.9 Å². The van der Waals surface area contributed by atoms with Gasteiger partial charge in [0.2, 0.25) is 0 Å². The molecule has 0 unspecified atom stereocenters. The average molecular weight is 417 g/mol. The Balaban J connectivity index is 2.13. The molecule has 0 saturated carbocycles. The van der Waals surface area contributed by atoms with Crippen molar-refractivity contribution in [2.24, 2.45) is 0 Å². The molecule has 0 aliphatic heterocycles. The molecule has 3 rings (SSSR count). The first kappa shape index (κ1) is 20.3. The van der Waals surface area contributed by atoms with E-state index < -0.39 is 16.7 Å². The standard InChI is InChI=1S/C20H20N2O4S2/c1-5-26-18(23)14-8-6-12(10-21-14)16-15(27-20(3,4)19(24)25)9-7-13-11(2)22-28-17(13)16/h6-10H,5H2,1-4H3,(H,24,25). The van der Waals surface area contributed by atoms with Crippen LogP contribution < -0.4 is 0 Å². The summed E-state index contributed by atoms with van der Waals surface area (Å²) in [5.41, 5.74) is 2.83. The van der Waals surface area contributed by atoms with Gasteiger partial charge in [-0.2, -0.15) is 4.37 Å². The molecule has 0 amide bonds. The van der Waals surface area contributed by atoms with Gasteiger partial charge in [0.15, 0.2) is 0 Å². The number of aromatic nitrogens is 2. The molecule has 146 valence electrons. The number of carbonyl (C=O) groups is 2. The van der Waals surface area contributed by atoms with Crippen molar-refractivity contribution >= 4 is 45.3 Å². The van der Waals surface area contributed by atoms with Crippen LogP contribution >= 0.6 is 23.3 Å². The maximum Gasteiger partial charge on any atom is 0.356 e. The molecule has 3 aromatic rings. The molecule has 1 aromatic carbocycles. The third-order valence-corrected chi connectivity index (χ3v) is 6.42. The van der Waals surface area contributed by atoms with Gasteiger partial charge in [-0.3, -0.25) is 4.79 Å². The molecule has 2 heterocycles. The summed E-state index contributed by atoms with van der Waals surface area (Å²) in [5.74, 6) is -1.36. The van der Waals surface area contributed by atoms with Crippen LogP contribution in [0.5, 0.6) is 0 Å². The molecule has 0 atom stereocenters. The summed E-state index contributed by atoms with van der Waals surface area (Å²) in [6.45, 7) is 7.32. The van der Waals surface area contributed by atoms with E-state index in [4.69, 9.17) is 4.74 Å². The lowest BCUT2D eigenvalue weighted by Gasteiger charge is -2.21. The van der Waals surface area contributed by atoms with Crippen LogP contribution in [0.25, 0.3) is 21.2 Å². The number of rotatable bonds is 6. The van der Waals surface area contributed by atoms with Crippen LogP contribution in [-0.4, -0.2) is 37.8 Å². The van der Waals surface area contributed by atoms with Crippen molar-refractivity contribution in [1.29, 1.82) is 0 Å². The zero-order valence-corrected chi connectivity index (χ0v) is 17.6. The summed E-state index contributed by atoms with van der Waals surface area (Å²) in [6.07, 6.45) is 1.62. The normalized spacial score (nSPS) is 11.6. The molecule has 0 aliphatic carbocycles. The van der Waals surface area contributed by atoms with E-state index in [2.05, 4.69) is 9.36 Å². The van der Waals surface area contributed by atoms with Crippen LogP contribution in [0.3, 0.4) is 0 Å². The van der Waals surface area contributed by atoms with E-state index in [-0.39, 0.29) is 12.3 Å². The third kappa shape index (κ3) is 3.88. The van der Waals surface area contributed by atoms with Crippen LogP contribution in [0.4, 0.5) is 0 Å². The monoisotopic (exact) mass is 416 g/mol. The molecule has 6 nitrogen and oxygen atoms in total. The number of benzene rings is 1. The molecule has 0 radical (unpaired) electrons. The Hall–Kier alpha value is -2.45. The second-order valence-corrected chi connectivity index (χ2v) is 9.09. The largest absolute Gasteiger partial charge is 0.480 e. The smallest absolute Gasteiger partial charge is 0.356 e. The van der Waals surface area contributed by atoms with Gasteiger partial charge in [-0.15, -0.1) is 11.8 Å². The van der Waals surface area contributed by atoms with Crippen LogP contribution in [0.15, 0.2) is 35.4 Å². The van der Waals surface area contributed by atoms with Gasteiger partial charge in [0, 0.05) is 27.6 Å². The van der Waals surface area contributed by atoms with Crippen LogP contribution in [0.2, 0.25) is 0 Å². The van der Waals surface area contributed by atoms with E-state index >= 15 is 0 Å². The Morgan fingerprint density at radius 3 is 2.61 bits per heavy atom. The number of hydrogen-bond acceptors (Lipinski definition) is 7. The Morgan fingerprint density at radius 1 is 1.25 bits per heavy atom. The molecule has 0 spiro atoms. The number of carboxylic acids is 1. The van der Waals surface area contributed by atoms with E-state index in [1.807, 2.05) is 19.1 Å². The summed E-state index contributed by atoms with van der Waals surface area (Å²) in [4.78, 5) is 28.6. The average Bonchev–Trinajstić information content (AvgIpc) is 3.02. The predicted molar refractivity (Wildman–Crippen MR) is 111 cm³/mol. The topological polar surface area (TPSA) is 89.4 Å².